The first-order valence-electron chi connectivity index (χ1n) is 10.0. The first-order valence-corrected chi connectivity index (χ1v) is 10.0. The topological polar surface area (TPSA) is 102 Å². The molecule has 4 heterocycles. The molecule has 3 N–H and O–H groups in total. The zero-order valence-corrected chi connectivity index (χ0v) is 17.3. The number of pyridine rings is 1. The van der Waals surface area contributed by atoms with E-state index < -0.39 is 0 Å². The second-order valence-corrected chi connectivity index (χ2v) is 7.77. The van der Waals surface area contributed by atoms with Gasteiger partial charge in [-0.25, -0.2) is 15.0 Å². The molecule has 0 atom stereocenters. The summed E-state index contributed by atoms with van der Waals surface area (Å²) in [4.78, 5) is 16.1. The number of anilines is 2. The molecule has 4 aromatic rings. The minimum absolute atomic E-state index is 0.230. The summed E-state index contributed by atoms with van der Waals surface area (Å²) < 4.78 is 7.51. The number of phenolic OH excluding ortho intramolecular Hbond substituents is 1. The van der Waals surface area contributed by atoms with Gasteiger partial charge in [0, 0.05) is 24.0 Å². The van der Waals surface area contributed by atoms with Gasteiger partial charge in [-0.3, -0.25) is 4.57 Å². The summed E-state index contributed by atoms with van der Waals surface area (Å²) in [6.45, 7) is 8.94. The van der Waals surface area contributed by atoms with Crippen molar-refractivity contribution in [2.75, 3.05) is 36.9 Å². The third-order valence-corrected chi connectivity index (χ3v) is 5.85. The standard InChI is InChI=1S/C22H24N6O2/c1-12-4-5-16(29)14(3)18(12)28-21-15(17-19(23)24-11-25-22(17)28)10-13(2)20(26-21)27-6-8-30-9-7-27/h4-5,10-11,29H,6-9H2,1-3H3,(H2,23,24,25). The minimum atomic E-state index is 0.230. The van der Waals surface area contributed by atoms with Gasteiger partial charge >= 0.3 is 0 Å². The maximum Gasteiger partial charge on any atom is 0.152 e. The number of nitrogens with zero attached hydrogens (tertiary/aromatic N) is 5. The summed E-state index contributed by atoms with van der Waals surface area (Å²) in [5.41, 5.74) is 11.4. The normalized spacial score (nSPS) is 14.7. The van der Waals surface area contributed by atoms with E-state index in [1.165, 1.54) is 6.33 Å². The van der Waals surface area contributed by atoms with Gasteiger partial charge in [0.15, 0.2) is 5.65 Å². The number of rotatable bonds is 2. The molecule has 1 aromatic carbocycles. The van der Waals surface area contributed by atoms with Gasteiger partial charge in [0.05, 0.1) is 24.3 Å². The average Bonchev–Trinajstić information content (AvgIpc) is 3.05. The quantitative estimate of drug-likeness (QED) is 0.529. The Morgan fingerprint density at radius 2 is 1.80 bits per heavy atom. The Kier molecular flexibility index (Phi) is 4.25. The summed E-state index contributed by atoms with van der Waals surface area (Å²) >= 11 is 0. The number of benzene rings is 1. The lowest BCUT2D eigenvalue weighted by molar-refractivity contribution is 0.122. The number of fused-ring (bicyclic) bond motifs is 3. The molecule has 1 aliphatic heterocycles. The van der Waals surface area contributed by atoms with Crippen LogP contribution in [0.2, 0.25) is 0 Å². The molecule has 3 aromatic heterocycles. The van der Waals surface area contributed by atoms with Gasteiger partial charge in [-0.05, 0) is 44.0 Å². The van der Waals surface area contributed by atoms with E-state index in [1.807, 2.05) is 24.5 Å². The van der Waals surface area contributed by atoms with Crippen molar-refractivity contribution in [3.8, 4) is 11.4 Å². The molecular weight excluding hydrogens is 380 g/mol. The molecule has 0 bridgehead atoms. The molecule has 30 heavy (non-hydrogen) atoms. The van der Waals surface area contributed by atoms with Crippen LogP contribution in [0.3, 0.4) is 0 Å². The van der Waals surface area contributed by atoms with Crippen LogP contribution in [-0.2, 0) is 4.74 Å². The Hall–Kier alpha value is -3.39. The molecule has 8 nitrogen and oxygen atoms in total. The van der Waals surface area contributed by atoms with Crippen LogP contribution in [0.5, 0.6) is 5.75 Å². The van der Waals surface area contributed by atoms with E-state index in [0.29, 0.717) is 24.7 Å². The lowest BCUT2D eigenvalue weighted by Gasteiger charge is -2.29. The second-order valence-electron chi connectivity index (χ2n) is 7.77. The molecule has 154 valence electrons. The Labute approximate surface area is 173 Å². The van der Waals surface area contributed by atoms with Crippen molar-refractivity contribution in [3.63, 3.8) is 0 Å². The number of nitrogen functional groups attached to an aromatic ring is 1. The summed E-state index contributed by atoms with van der Waals surface area (Å²) in [7, 11) is 0. The Balaban J connectivity index is 1.91. The van der Waals surface area contributed by atoms with Crippen molar-refractivity contribution < 1.29 is 9.84 Å². The van der Waals surface area contributed by atoms with Gasteiger partial charge in [-0.15, -0.1) is 0 Å². The zero-order chi connectivity index (χ0) is 21.0. The van der Waals surface area contributed by atoms with Crippen molar-refractivity contribution in [1.29, 1.82) is 0 Å². The number of hydrogen-bond donors (Lipinski definition) is 2. The Bertz CT molecular complexity index is 1290. The SMILES string of the molecule is Cc1cc2c3c(N)ncnc3n(-c3c(C)ccc(O)c3C)c2nc1N1CCOCC1. The monoisotopic (exact) mass is 404 g/mol. The largest absolute Gasteiger partial charge is 0.508 e. The van der Waals surface area contributed by atoms with Gasteiger partial charge in [0.1, 0.15) is 29.4 Å². The number of morpholine rings is 1. The molecule has 8 heteroatoms. The van der Waals surface area contributed by atoms with Crippen LogP contribution in [0.1, 0.15) is 16.7 Å². The Morgan fingerprint density at radius 1 is 1.03 bits per heavy atom. The fourth-order valence-corrected chi connectivity index (χ4v) is 4.34. The smallest absolute Gasteiger partial charge is 0.152 e. The van der Waals surface area contributed by atoms with Crippen LogP contribution in [-0.4, -0.2) is 50.9 Å². The molecular formula is C22H24N6O2. The van der Waals surface area contributed by atoms with E-state index in [4.69, 9.17) is 15.5 Å². The van der Waals surface area contributed by atoms with Gasteiger partial charge < -0.3 is 20.5 Å². The predicted octanol–water partition coefficient (Wildman–Crippen LogP) is 3.02. The lowest BCUT2D eigenvalue weighted by atomic mass is 10.1. The van der Waals surface area contributed by atoms with Crippen molar-refractivity contribution in [3.05, 3.63) is 41.2 Å². The number of aromatic nitrogens is 4. The number of phenols is 1. The summed E-state index contributed by atoms with van der Waals surface area (Å²) in [5, 5.41) is 12.1. The highest BCUT2D eigenvalue weighted by atomic mass is 16.5. The third kappa shape index (κ3) is 2.68. The molecule has 0 saturated carbocycles. The van der Waals surface area contributed by atoms with Gasteiger partial charge in [-0.1, -0.05) is 6.07 Å². The first kappa shape index (κ1) is 18.6. The molecule has 0 spiro atoms. The van der Waals surface area contributed by atoms with Gasteiger partial charge in [0.25, 0.3) is 0 Å². The van der Waals surface area contributed by atoms with Crippen LogP contribution in [0.4, 0.5) is 11.6 Å². The average molecular weight is 404 g/mol. The molecule has 0 amide bonds. The number of hydrogen-bond acceptors (Lipinski definition) is 7. The maximum atomic E-state index is 10.4. The number of ether oxygens (including phenoxy) is 1. The van der Waals surface area contributed by atoms with Crippen molar-refractivity contribution >= 4 is 33.7 Å². The van der Waals surface area contributed by atoms with Crippen molar-refractivity contribution in [1.82, 2.24) is 19.5 Å². The molecule has 1 aliphatic rings. The molecule has 5 rings (SSSR count). The maximum absolute atomic E-state index is 10.4. The Morgan fingerprint density at radius 3 is 2.57 bits per heavy atom. The highest BCUT2D eigenvalue weighted by Gasteiger charge is 2.23. The van der Waals surface area contributed by atoms with Crippen LogP contribution >= 0.6 is 0 Å². The fraction of sp³-hybridized carbons (Fsp3) is 0.318. The van der Waals surface area contributed by atoms with E-state index in [9.17, 15) is 5.11 Å². The molecule has 0 radical (unpaired) electrons. The fourth-order valence-electron chi connectivity index (χ4n) is 4.34. The molecule has 1 fully saturated rings. The molecule has 0 unspecified atom stereocenters. The van der Waals surface area contributed by atoms with E-state index in [2.05, 4.69) is 27.9 Å². The van der Waals surface area contributed by atoms with Crippen LogP contribution in [0.25, 0.3) is 27.8 Å². The van der Waals surface area contributed by atoms with E-state index in [-0.39, 0.29) is 5.75 Å². The number of aromatic hydroxyl groups is 1. The van der Waals surface area contributed by atoms with Gasteiger partial charge in [-0.2, -0.15) is 0 Å². The van der Waals surface area contributed by atoms with E-state index in [0.717, 1.165) is 57.7 Å². The van der Waals surface area contributed by atoms with Crippen molar-refractivity contribution in [2.45, 2.75) is 20.8 Å². The summed E-state index contributed by atoms with van der Waals surface area (Å²) in [6.07, 6.45) is 1.47. The predicted molar refractivity (Wildman–Crippen MR) is 117 cm³/mol. The van der Waals surface area contributed by atoms with Crippen LogP contribution in [0.15, 0.2) is 24.5 Å². The van der Waals surface area contributed by atoms with E-state index >= 15 is 0 Å². The molecule has 0 aliphatic carbocycles. The van der Waals surface area contributed by atoms with Gasteiger partial charge in [0.2, 0.25) is 0 Å². The van der Waals surface area contributed by atoms with E-state index in [1.54, 1.807) is 6.07 Å². The summed E-state index contributed by atoms with van der Waals surface area (Å²) in [6, 6.07) is 5.72. The van der Waals surface area contributed by atoms with Crippen LogP contribution < -0.4 is 10.6 Å². The second kappa shape index (κ2) is 6.84. The van der Waals surface area contributed by atoms with Crippen molar-refractivity contribution in [2.24, 2.45) is 0 Å². The highest BCUT2D eigenvalue weighted by molar-refractivity contribution is 6.12. The lowest BCUT2D eigenvalue weighted by Crippen LogP contribution is -2.37. The summed E-state index contributed by atoms with van der Waals surface area (Å²) in [5.74, 6) is 1.57. The number of nitrogens with two attached hydrogens (primary N) is 1. The molecule has 1 saturated heterocycles. The highest BCUT2D eigenvalue weighted by Crippen LogP contribution is 2.38. The number of aryl methyl sites for hydroxylation is 2. The minimum Gasteiger partial charge on any atom is -0.508 e. The zero-order valence-electron chi connectivity index (χ0n) is 17.3. The third-order valence-electron chi connectivity index (χ3n) is 5.85. The first-order chi connectivity index (χ1) is 14.5. The van der Waals surface area contributed by atoms with Crippen LogP contribution in [0, 0.1) is 20.8 Å².